The van der Waals surface area contributed by atoms with E-state index in [1.165, 1.54) is 6.07 Å². The zero-order valence-electron chi connectivity index (χ0n) is 11.1. The fourth-order valence-corrected chi connectivity index (χ4v) is 3.39. The number of hydrogen-bond donors (Lipinski definition) is 1. The second kappa shape index (κ2) is 4.47. The number of fused-ring (bicyclic) bond motifs is 3. The second-order valence-electron chi connectivity index (χ2n) is 5.53. The predicted octanol–water partition coefficient (Wildman–Crippen LogP) is 3.01. The van der Waals surface area contributed by atoms with E-state index in [0.29, 0.717) is 12.0 Å². The molecule has 0 aliphatic carbocycles. The molecule has 2 aromatic rings. The Morgan fingerprint density at radius 1 is 1.30 bits per heavy atom. The minimum atomic E-state index is -0.148. The maximum Gasteiger partial charge on any atom is 0.123 e. The molecular formula is C16H16FN3. The maximum atomic E-state index is 13.5. The summed E-state index contributed by atoms with van der Waals surface area (Å²) in [5.41, 5.74) is 3.36. The van der Waals surface area contributed by atoms with Crippen molar-refractivity contribution in [2.45, 2.75) is 18.4 Å². The van der Waals surface area contributed by atoms with Crippen molar-refractivity contribution < 1.29 is 4.39 Å². The number of piperidine rings is 1. The lowest BCUT2D eigenvalue weighted by Crippen LogP contribution is -2.42. The number of anilines is 2. The summed E-state index contributed by atoms with van der Waals surface area (Å²) in [4.78, 5) is 6.53. The molecule has 0 bridgehead atoms. The van der Waals surface area contributed by atoms with E-state index in [2.05, 4.69) is 21.3 Å². The van der Waals surface area contributed by atoms with Gasteiger partial charge in [-0.3, -0.25) is 4.98 Å². The summed E-state index contributed by atoms with van der Waals surface area (Å²) in [6.45, 7) is 1.93. The Morgan fingerprint density at radius 2 is 2.25 bits per heavy atom. The molecule has 0 spiro atoms. The Balaban J connectivity index is 1.64. The molecule has 0 saturated carbocycles. The Hall–Kier alpha value is -2.10. The molecule has 1 aromatic heterocycles. The van der Waals surface area contributed by atoms with Crippen LogP contribution in [0.25, 0.3) is 0 Å². The summed E-state index contributed by atoms with van der Waals surface area (Å²) in [6, 6.07) is 9.54. The van der Waals surface area contributed by atoms with E-state index in [1.807, 2.05) is 18.3 Å². The molecule has 1 N–H and O–H groups in total. The first-order valence-corrected chi connectivity index (χ1v) is 7.02. The van der Waals surface area contributed by atoms with Crippen LogP contribution in [0.15, 0.2) is 42.7 Å². The number of benzene rings is 1. The van der Waals surface area contributed by atoms with Crippen LogP contribution in [-0.2, 0) is 0 Å². The third-order valence-electron chi connectivity index (χ3n) is 4.38. The molecule has 3 nitrogen and oxygen atoms in total. The van der Waals surface area contributed by atoms with E-state index in [9.17, 15) is 4.39 Å². The van der Waals surface area contributed by atoms with Crippen LogP contribution < -0.4 is 10.2 Å². The molecule has 0 radical (unpaired) electrons. The average Bonchev–Trinajstić information content (AvgIpc) is 2.85. The lowest BCUT2D eigenvalue weighted by molar-refractivity contribution is 0.482. The zero-order valence-corrected chi connectivity index (χ0v) is 11.1. The molecule has 2 aliphatic rings. The molecule has 2 atom stereocenters. The molecule has 0 amide bonds. The highest BCUT2D eigenvalue weighted by Gasteiger charge is 2.37. The van der Waals surface area contributed by atoms with Crippen molar-refractivity contribution in [3.05, 3.63) is 54.1 Å². The molecule has 0 unspecified atom stereocenters. The van der Waals surface area contributed by atoms with Crippen molar-refractivity contribution in [1.82, 2.24) is 4.98 Å². The molecule has 4 rings (SSSR count). The van der Waals surface area contributed by atoms with Gasteiger partial charge in [-0.25, -0.2) is 4.39 Å². The van der Waals surface area contributed by atoms with E-state index >= 15 is 0 Å². The number of nitrogens with zero attached hydrogens (tertiary/aromatic N) is 2. The predicted molar refractivity (Wildman–Crippen MR) is 77.6 cm³/mol. The first-order chi connectivity index (χ1) is 9.81. The normalized spacial score (nSPS) is 23.9. The largest absolute Gasteiger partial charge is 0.381 e. The van der Waals surface area contributed by atoms with E-state index in [0.717, 1.165) is 36.4 Å². The molecule has 102 valence electrons. The van der Waals surface area contributed by atoms with Crippen molar-refractivity contribution >= 4 is 11.4 Å². The Bertz CT molecular complexity index is 629. The number of hydrogen-bond acceptors (Lipinski definition) is 3. The van der Waals surface area contributed by atoms with Gasteiger partial charge in [-0.1, -0.05) is 0 Å². The van der Waals surface area contributed by atoms with Crippen LogP contribution in [0.1, 0.15) is 17.9 Å². The first-order valence-electron chi connectivity index (χ1n) is 7.02. The van der Waals surface area contributed by atoms with Gasteiger partial charge in [0, 0.05) is 36.9 Å². The minimum Gasteiger partial charge on any atom is -0.381 e. The summed E-state index contributed by atoms with van der Waals surface area (Å²) in [7, 11) is 0. The van der Waals surface area contributed by atoms with Gasteiger partial charge in [0.15, 0.2) is 0 Å². The van der Waals surface area contributed by atoms with E-state index < -0.39 is 0 Å². The van der Waals surface area contributed by atoms with Gasteiger partial charge in [-0.2, -0.15) is 0 Å². The zero-order chi connectivity index (χ0) is 13.5. The third kappa shape index (κ3) is 1.83. The van der Waals surface area contributed by atoms with Gasteiger partial charge >= 0.3 is 0 Å². The molecule has 1 saturated heterocycles. The Morgan fingerprint density at radius 3 is 3.10 bits per heavy atom. The van der Waals surface area contributed by atoms with Crippen LogP contribution in [0.5, 0.6) is 0 Å². The molecular weight excluding hydrogens is 253 g/mol. The van der Waals surface area contributed by atoms with Gasteiger partial charge in [0.25, 0.3) is 0 Å². The fourth-order valence-electron chi connectivity index (χ4n) is 3.39. The summed E-state index contributed by atoms with van der Waals surface area (Å²) in [6.07, 6.45) is 4.75. The highest BCUT2D eigenvalue weighted by molar-refractivity contribution is 5.61. The molecule has 2 aliphatic heterocycles. The van der Waals surface area contributed by atoms with Crippen LogP contribution in [0.3, 0.4) is 0 Å². The number of aromatic nitrogens is 1. The number of nitrogens with one attached hydrogen (secondary N) is 1. The SMILES string of the molecule is Fc1ccc2c(c1)[C@@H]1CN(c3cccnc3)CC[C@H]1N2. The summed E-state index contributed by atoms with van der Waals surface area (Å²) in [5.74, 6) is 0.208. The summed E-state index contributed by atoms with van der Waals surface area (Å²) in [5, 5.41) is 3.53. The highest BCUT2D eigenvalue weighted by atomic mass is 19.1. The maximum absolute atomic E-state index is 13.5. The molecule has 1 fully saturated rings. The van der Waals surface area contributed by atoms with Crippen molar-refractivity contribution in [2.75, 3.05) is 23.3 Å². The van der Waals surface area contributed by atoms with Gasteiger partial charge in [0.2, 0.25) is 0 Å². The average molecular weight is 269 g/mol. The molecule has 4 heteroatoms. The van der Waals surface area contributed by atoms with Gasteiger partial charge in [0.1, 0.15) is 5.82 Å². The van der Waals surface area contributed by atoms with Crippen molar-refractivity contribution in [2.24, 2.45) is 0 Å². The minimum absolute atomic E-state index is 0.148. The number of halogens is 1. The van der Waals surface area contributed by atoms with Crippen molar-refractivity contribution in [3.8, 4) is 0 Å². The molecule has 3 heterocycles. The number of rotatable bonds is 1. The number of pyridine rings is 1. The van der Waals surface area contributed by atoms with Crippen LogP contribution in [0.2, 0.25) is 0 Å². The smallest absolute Gasteiger partial charge is 0.123 e. The topological polar surface area (TPSA) is 28.2 Å². The Labute approximate surface area is 117 Å². The van der Waals surface area contributed by atoms with Crippen LogP contribution in [0, 0.1) is 5.82 Å². The Kier molecular flexibility index (Phi) is 2.62. The van der Waals surface area contributed by atoms with Gasteiger partial charge in [-0.15, -0.1) is 0 Å². The van der Waals surface area contributed by atoms with Crippen LogP contribution in [0.4, 0.5) is 15.8 Å². The second-order valence-corrected chi connectivity index (χ2v) is 5.53. The van der Waals surface area contributed by atoms with E-state index in [-0.39, 0.29) is 5.82 Å². The monoisotopic (exact) mass is 269 g/mol. The van der Waals surface area contributed by atoms with Crippen LogP contribution in [-0.4, -0.2) is 24.1 Å². The van der Waals surface area contributed by atoms with Gasteiger partial charge in [0.05, 0.1) is 11.9 Å². The third-order valence-corrected chi connectivity index (χ3v) is 4.38. The first kappa shape index (κ1) is 11.7. The summed E-state index contributed by atoms with van der Waals surface area (Å²) < 4.78 is 13.5. The highest BCUT2D eigenvalue weighted by Crippen LogP contribution is 2.41. The van der Waals surface area contributed by atoms with E-state index in [1.54, 1.807) is 12.3 Å². The standard InChI is InChI=1S/C16H16FN3/c17-11-3-4-15-13(8-11)14-10-20(7-5-16(14)19-15)12-2-1-6-18-9-12/h1-4,6,8-9,14,16,19H,5,7,10H2/t14-,16+/m0/s1. The van der Waals surface area contributed by atoms with Gasteiger partial charge < -0.3 is 10.2 Å². The van der Waals surface area contributed by atoms with Gasteiger partial charge in [-0.05, 0) is 42.3 Å². The quantitative estimate of drug-likeness (QED) is 0.862. The molecule has 1 aromatic carbocycles. The van der Waals surface area contributed by atoms with Crippen molar-refractivity contribution in [1.29, 1.82) is 0 Å². The van der Waals surface area contributed by atoms with Crippen LogP contribution >= 0.6 is 0 Å². The summed E-state index contributed by atoms with van der Waals surface area (Å²) >= 11 is 0. The van der Waals surface area contributed by atoms with E-state index in [4.69, 9.17) is 0 Å². The lowest BCUT2D eigenvalue weighted by Gasteiger charge is -2.36. The lowest BCUT2D eigenvalue weighted by atomic mass is 9.89. The van der Waals surface area contributed by atoms with Crippen molar-refractivity contribution in [3.63, 3.8) is 0 Å². The molecule has 20 heavy (non-hydrogen) atoms. The fraction of sp³-hybridized carbons (Fsp3) is 0.312.